The molecule has 4 rings (SSSR count). The van der Waals surface area contributed by atoms with E-state index in [1.54, 1.807) is 7.11 Å². The number of amides is 1. The maximum absolute atomic E-state index is 12.8. The molecule has 0 radical (unpaired) electrons. The summed E-state index contributed by atoms with van der Waals surface area (Å²) in [6.07, 6.45) is 10.3. The van der Waals surface area contributed by atoms with E-state index < -0.39 is 0 Å². The molecule has 174 valence electrons. The summed E-state index contributed by atoms with van der Waals surface area (Å²) in [6, 6.07) is 6.13. The van der Waals surface area contributed by atoms with E-state index in [-0.39, 0.29) is 5.91 Å². The second-order valence-corrected chi connectivity index (χ2v) is 9.94. The Morgan fingerprint density at radius 1 is 1.16 bits per heavy atom. The van der Waals surface area contributed by atoms with Gasteiger partial charge < -0.3 is 9.30 Å². The Hall–Kier alpha value is -1.98. The summed E-state index contributed by atoms with van der Waals surface area (Å²) < 4.78 is 7.95. The number of benzene rings is 1. The van der Waals surface area contributed by atoms with Crippen molar-refractivity contribution in [1.82, 2.24) is 15.0 Å². The molecule has 1 saturated carbocycles. The van der Waals surface area contributed by atoms with Crippen LogP contribution in [0.25, 0.3) is 0 Å². The van der Waals surface area contributed by atoms with Gasteiger partial charge in [-0.05, 0) is 87.1 Å². The van der Waals surface area contributed by atoms with Crippen molar-refractivity contribution in [3.63, 3.8) is 0 Å². The van der Waals surface area contributed by atoms with Crippen LogP contribution in [0.15, 0.2) is 24.4 Å². The summed E-state index contributed by atoms with van der Waals surface area (Å²) in [5, 5.41) is 2.88. The van der Waals surface area contributed by atoms with Gasteiger partial charge in [0, 0.05) is 36.5 Å². The van der Waals surface area contributed by atoms with Crippen molar-refractivity contribution in [2.45, 2.75) is 71.3 Å². The van der Waals surface area contributed by atoms with Gasteiger partial charge in [-0.15, -0.1) is 0 Å². The highest BCUT2D eigenvalue weighted by Gasteiger charge is 2.27. The monoisotopic (exact) mass is 457 g/mol. The minimum absolute atomic E-state index is 0.0173. The molecular formula is C26H36ClN3O2. The highest BCUT2D eigenvalue weighted by atomic mass is 35.5. The fourth-order valence-corrected chi connectivity index (χ4v) is 5.55. The summed E-state index contributed by atoms with van der Waals surface area (Å²) in [6.45, 7) is 6.92. The molecule has 1 saturated heterocycles. The Labute approximate surface area is 197 Å². The van der Waals surface area contributed by atoms with Crippen LogP contribution in [0.4, 0.5) is 0 Å². The van der Waals surface area contributed by atoms with Crippen LogP contribution in [0.3, 0.4) is 0 Å². The average Bonchev–Trinajstić information content (AvgIpc) is 3.16. The first kappa shape index (κ1) is 23.2. The molecule has 1 N–H and O–H groups in total. The number of aromatic nitrogens is 1. The molecule has 2 heterocycles. The lowest BCUT2D eigenvalue weighted by Crippen LogP contribution is -2.45. The molecule has 2 aromatic rings. The molecule has 1 aliphatic carbocycles. The van der Waals surface area contributed by atoms with Crippen molar-refractivity contribution in [1.29, 1.82) is 0 Å². The van der Waals surface area contributed by atoms with Gasteiger partial charge >= 0.3 is 0 Å². The normalized spacial score (nSPS) is 22.0. The SMILES string of the molecule is COc1cc(C)c(Cl)cc1C1CCCC(Cn2ccc(C(=O)NN3CCCCC3)c2C)C1. The summed E-state index contributed by atoms with van der Waals surface area (Å²) in [7, 11) is 1.74. The number of aryl methyl sites for hydroxylation is 1. The number of piperidine rings is 1. The molecule has 6 heteroatoms. The van der Waals surface area contributed by atoms with Gasteiger partial charge in [0.1, 0.15) is 5.75 Å². The van der Waals surface area contributed by atoms with Crippen LogP contribution >= 0.6 is 11.6 Å². The number of rotatable bonds is 6. The number of hydrogen-bond donors (Lipinski definition) is 1. The Bertz CT molecular complexity index is 949. The van der Waals surface area contributed by atoms with Crippen LogP contribution in [-0.4, -0.2) is 35.7 Å². The van der Waals surface area contributed by atoms with Gasteiger partial charge in [0.2, 0.25) is 0 Å². The zero-order valence-corrected chi connectivity index (χ0v) is 20.4. The Morgan fingerprint density at radius 3 is 2.69 bits per heavy atom. The highest BCUT2D eigenvalue weighted by molar-refractivity contribution is 6.31. The second kappa shape index (κ2) is 10.3. The molecular weight excluding hydrogens is 422 g/mol. The van der Waals surface area contributed by atoms with E-state index in [1.807, 2.05) is 13.0 Å². The molecule has 2 aliphatic rings. The predicted molar refractivity (Wildman–Crippen MR) is 129 cm³/mol. The third-order valence-electron chi connectivity index (χ3n) is 7.29. The van der Waals surface area contributed by atoms with Gasteiger partial charge in [-0.25, -0.2) is 5.01 Å². The van der Waals surface area contributed by atoms with Crippen LogP contribution in [0, 0.1) is 19.8 Å². The molecule has 2 atom stereocenters. The van der Waals surface area contributed by atoms with Crippen molar-refractivity contribution < 1.29 is 9.53 Å². The fourth-order valence-electron chi connectivity index (χ4n) is 5.38. The standard InChI is InChI=1S/C26H36ClN3O2/c1-18-14-25(32-3)23(16-24(18)27)21-9-7-8-20(15-21)17-29-13-10-22(19(29)2)26(31)28-30-11-5-4-6-12-30/h10,13-14,16,20-21H,4-9,11-12,15,17H2,1-3H3,(H,28,31). The smallest absolute Gasteiger partial charge is 0.267 e. The maximum Gasteiger partial charge on any atom is 0.267 e. The van der Waals surface area contributed by atoms with E-state index in [4.69, 9.17) is 16.3 Å². The molecule has 5 nitrogen and oxygen atoms in total. The third-order valence-corrected chi connectivity index (χ3v) is 7.70. The quantitative estimate of drug-likeness (QED) is 0.589. The van der Waals surface area contributed by atoms with E-state index in [1.165, 1.54) is 31.2 Å². The van der Waals surface area contributed by atoms with Crippen LogP contribution in [0.2, 0.25) is 5.02 Å². The number of carbonyl (C=O) groups is 1. The van der Waals surface area contributed by atoms with Crippen LogP contribution in [0.5, 0.6) is 5.75 Å². The van der Waals surface area contributed by atoms with Gasteiger partial charge in [-0.1, -0.05) is 24.4 Å². The number of nitrogens with one attached hydrogen (secondary N) is 1. The maximum atomic E-state index is 12.8. The lowest BCUT2D eigenvalue weighted by Gasteiger charge is -2.31. The molecule has 1 amide bonds. The van der Waals surface area contributed by atoms with Crippen molar-refractivity contribution in [3.8, 4) is 5.75 Å². The van der Waals surface area contributed by atoms with Gasteiger partial charge in [-0.2, -0.15) is 0 Å². The molecule has 2 fully saturated rings. The zero-order valence-electron chi connectivity index (χ0n) is 19.6. The van der Waals surface area contributed by atoms with Crippen molar-refractivity contribution in [3.05, 3.63) is 51.8 Å². The summed E-state index contributed by atoms with van der Waals surface area (Å²) in [5.74, 6) is 2.00. The van der Waals surface area contributed by atoms with Gasteiger partial charge in [0.05, 0.1) is 12.7 Å². The number of ether oxygens (including phenoxy) is 1. The number of nitrogens with zero attached hydrogens (tertiary/aromatic N) is 2. The lowest BCUT2D eigenvalue weighted by atomic mass is 9.77. The van der Waals surface area contributed by atoms with Crippen LogP contribution in [-0.2, 0) is 6.54 Å². The predicted octanol–water partition coefficient (Wildman–Crippen LogP) is 5.87. The number of methoxy groups -OCH3 is 1. The first-order valence-corrected chi connectivity index (χ1v) is 12.4. The highest BCUT2D eigenvalue weighted by Crippen LogP contribution is 2.42. The first-order valence-electron chi connectivity index (χ1n) is 12.0. The Morgan fingerprint density at radius 2 is 1.94 bits per heavy atom. The van der Waals surface area contributed by atoms with E-state index in [0.717, 1.165) is 66.5 Å². The molecule has 1 aromatic heterocycles. The van der Waals surface area contributed by atoms with Gasteiger partial charge in [-0.3, -0.25) is 10.2 Å². The molecule has 1 aromatic carbocycles. The topological polar surface area (TPSA) is 46.5 Å². The van der Waals surface area contributed by atoms with Crippen molar-refractivity contribution in [2.75, 3.05) is 20.2 Å². The molecule has 2 unspecified atom stereocenters. The zero-order chi connectivity index (χ0) is 22.7. The average molecular weight is 458 g/mol. The Balaban J connectivity index is 1.42. The van der Waals surface area contributed by atoms with E-state index in [2.05, 4.69) is 40.3 Å². The summed E-state index contributed by atoms with van der Waals surface area (Å²) in [5.41, 5.74) is 7.23. The second-order valence-electron chi connectivity index (χ2n) is 9.53. The number of hydrazine groups is 1. The number of hydrogen-bond acceptors (Lipinski definition) is 3. The minimum Gasteiger partial charge on any atom is -0.496 e. The third kappa shape index (κ3) is 5.15. The van der Waals surface area contributed by atoms with Crippen LogP contribution < -0.4 is 10.2 Å². The summed E-state index contributed by atoms with van der Waals surface area (Å²) >= 11 is 6.45. The number of halogens is 1. The van der Waals surface area contributed by atoms with E-state index in [0.29, 0.717) is 11.8 Å². The lowest BCUT2D eigenvalue weighted by molar-refractivity contribution is 0.0749. The van der Waals surface area contributed by atoms with E-state index >= 15 is 0 Å². The summed E-state index contributed by atoms with van der Waals surface area (Å²) in [4.78, 5) is 12.8. The van der Waals surface area contributed by atoms with Crippen molar-refractivity contribution in [2.24, 2.45) is 5.92 Å². The van der Waals surface area contributed by atoms with Gasteiger partial charge in [0.15, 0.2) is 0 Å². The molecule has 32 heavy (non-hydrogen) atoms. The van der Waals surface area contributed by atoms with Crippen LogP contribution in [0.1, 0.15) is 78.0 Å². The van der Waals surface area contributed by atoms with Gasteiger partial charge in [0.25, 0.3) is 5.91 Å². The molecule has 1 aliphatic heterocycles. The molecule has 0 spiro atoms. The molecule has 0 bridgehead atoms. The fraction of sp³-hybridized carbons (Fsp3) is 0.577. The number of carbonyl (C=O) groups excluding carboxylic acids is 1. The Kier molecular flexibility index (Phi) is 7.47. The van der Waals surface area contributed by atoms with E-state index in [9.17, 15) is 4.79 Å². The largest absolute Gasteiger partial charge is 0.496 e. The first-order chi connectivity index (χ1) is 15.5. The van der Waals surface area contributed by atoms with Crippen molar-refractivity contribution >= 4 is 17.5 Å². The minimum atomic E-state index is 0.0173.